The van der Waals surface area contributed by atoms with Gasteiger partial charge in [0.05, 0.1) is 6.42 Å². The molecule has 0 spiro atoms. The van der Waals surface area contributed by atoms with Crippen molar-refractivity contribution >= 4 is 23.8 Å². The third kappa shape index (κ3) is 3.46. The van der Waals surface area contributed by atoms with Crippen molar-refractivity contribution in [3.8, 4) is 0 Å². The van der Waals surface area contributed by atoms with Crippen LogP contribution < -0.4 is 10.6 Å². The molecule has 0 aromatic rings. The number of carboxylic acids is 1. The van der Waals surface area contributed by atoms with Gasteiger partial charge in [-0.15, -0.1) is 0 Å². The van der Waals surface area contributed by atoms with E-state index < -0.39 is 30.0 Å². The lowest BCUT2D eigenvalue weighted by atomic mass is 9.99. The Morgan fingerprint density at radius 2 is 2.05 bits per heavy atom. The number of aliphatic carboxylic acids is 1. The molecule has 1 rings (SSSR count). The van der Waals surface area contributed by atoms with Crippen LogP contribution in [0.3, 0.4) is 0 Å². The third-order valence-electron chi connectivity index (χ3n) is 3.45. The van der Waals surface area contributed by atoms with E-state index >= 15 is 0 Å². The average molecular weight is 285 g/mol. The lowest BCUT2D eigenvalue weighted by Gasteiger charge is -2.21. The molecule has 1 aliphatic heterocycles. The predicted octanol–water partition coefficient (Wildman–Crippen LogP) is -0.458. The summed E-state index contributed by atoms with van der Waals surface area (Å²) in [5.41, 5.74) is 0. The third-order valence-corrected chi connectivity index (χ3v) is 3.45. The second kappa shape index (κ2) is 6.36. The van der Waals surface area contributed by atoms with E-state index in [2.05, 4.69) is 10.6 Å². The van der Waals surface area contributed by atoms with Gasteiger partial charge >= 0.3 is 12.0 Å². The van der Waals surface area contributed by atoms with Gasteiger partial charge < -0.3 is 15.7 Å². The molecule has 0 saturated carbocycles. The maximum Gasteiger partial charge on any atom is 0.326 e. The number of likely N-dealkylation sites (tertiary alicyclic amines) is 1. The Labute approximate surface area is 116 Å². The Morgan fingerprint density at radius 3 is 2.45 bits per heavy atom. The van der Waals surface area contributed by atoms with Crippen LogP contribution in [-0.2, 0) is 14.4 Å². The first kappa shape index (κ1) is 15.9. The zero-order chi connectivity index (χ0) is 15.4. The van der Waals surface area contributed by atoms with Crippen molar-refractivity contribution in [2.75, 3.05) is 7.05 Å². The number of amides is 4. The topological polar surface area (TPSA) is 116 Å². The summed E-state index contributed by atoms with van der Waals surface area (Å²) < 4.78 is 0. The van der Waals surface area contributed by atoms with Crippen molar-refractivity contribution in [2.45, 2.75) is 38.8 Å². The van der Waals surface area contributed by atoms with Crippen molar-refractivity contribution in [2.24, 2.45) is 5.92 Å². The van der Waals surface area contributed by atoms with Crippen LogP contribution in [0, 0.1) is 5.92 Å². The Hall–Kier alpha value is -2.12. The molecule has 4 amide bonds. The van der Waals surface area contributed by atoms with Crippen LogP contribution in [-0.4, -0.2) is 53.0 Å². The summed E-state index contributed by atoms with van der Waals surface area (Å²) >= 11 is 0. The molecule has 0 aliphatic carbocycles. The van der Waals surface area contributed by atoms with Crippen LogP contribution in [0.5, 0.6) is 0 Å². The van der Waals surface area contributed by atoms with Crippen molar-refractivity contribution in [3.05, 3.63) is 0 Å². The first-order valence-electron chi connectivity index (χ1n) is 6.38. The van der Waals surface area contributed by atoms with E-state index in [1.54, 1.807) is 6.92 Å². The van der Waals surface area contributed by atoms with Crippen LogP contribution >= 0.6 is 0 Å². The minimum absolute atomic E-state index is 0.107. The minimum Gasteiger partial charge on any atom is -0.480 e. The maximum absolute atomic E-state index is 11.7. The Kier molecular flexibility index (Phi) is 5.06. The van der Waals surface area contributed by atoms with Gasteiger partial charge in [-0.2, -0.15) is 0 Å². The van der Waals surface area contributed by atoms with Gasteiger partial charge in [0, 0.05) is 7.05 Å². The van der Waals surface area contributed by atoms with E-state index in [-0.39, 0.29) is 18.2 Å². The number of carbonyl (C=O) groups excluding carboxylic acids is 3. The molecule has 1 saturated heterocycles. The summed E-state index contributed by atoms with van der Waals surface area (Å²) in [4.78, 5) is 46.6. The number of likely N-dealkylation sites (N-methyl/N-ethyl adjacent to an activating group) is 1. The fourth-order valence-corrected chi connectivity index (χ4v) is 1.89. The predicted molar refractivity (Wildman–Crippen MR) is 68.7 cm³/mol. The molecule has 0 aromatic heterocycles. The number of nitrogens with one attached hydrogen (secondary N) is 2. The quantitative estimate of drug-likeness (QED) is 0.591. The summed E-state index contributed by atoms with van der Waals surface area (Å²) in [6.07, 6.45) is 0.477. The molecule has 1 aliphatic rings. The molecule has 3 atom stereocenters. The van der Waals surface area contributed by atoms with Crippen LogP contribution in [0.1, 0.15) is 26.7 Å². The molecule has 8 nitrogen and oxygen atoms in total. The standard InChI is InChI=1S/C12H19N3O5/c1-4-6(2)9(11(18)19)14-12(20)13-7-5-8(16)15(3)10(7)17/h6-7,9H,4-5H2,1-3H3,(H,18,19)(H2,13,14,20). The van der Waals surface area contributed by atoms with Gasteiger partial charge in [0.2, 0.25) is 5.91 Å². The molecule has 1 heterocycles. The number of hydrogen-bond acceptors (Lipinski definition) is 4. The Balaban J connectivity index is 2.61. The van der Waals surface area contributed by atoms with Crippen LogP contribution in [0.2, 0.25) is 0 Å². The summed E-state index contributed by atoms with van der Waals surface area (Å²) in [5, 5.41) is 13.7. The highest BCUT2D eigenvalue weighted by atomic mass is 16.4. The van der Waals surface area contributed by atoms with Gasteiger partial charge in [0.15, 0.2) is 0 Å². The van der Waals surface area contributed by atoms with E-state index in [0.717, 1.165) is 4.90 Å². The molecule has 8 heteroatoms. The van der Waals surface area contributed by atoms with Crippen molar-refractivity contribution in [3.63, 3.8) is 0 Å². The van der Waals surface area contributed by atoms with Gasteiger partial charge in [-0.1, -0.05) is 20.3 Å². The average Bonchev–Trinajstić information content (AvgIpc) is 2.62. The number of urea groups is 1. The number of carboxylic acid groups (broad SMARTS) is 1. The number of hydrogen-bond donors (Lipinski definition) is 3. The SMILES string of the molecule is CCC(C)C(NC(=O)NC1CC(=O)N(C)C1=O)C(=O)O. The molecular formula is C12H19N3O5. The molecule has 0 aromatic carbocycles. The first-order chi connectivity index (χ1) is 9.27. The van der Waals surface area contributed by atoms with E-state index in [4.69, 9.17) is 5.11 Å². The first-order valence-corrected chi connectivity index (χ1v) is 6.38. The van der Waals surface area contributed by atoms with Gasteiger partial charge in [-0.05, 0) is 5.92 Å². The lowest BCUT2D eigenvalue weighted by molar-refractivity contribution is -0.140. The van der Waals surface area contributed by atoms with E-state index in [9.17, 15) is 19.2 Å². The fraction of sp³-hybridized carbons (Fsp3) is 0.667. The summed E-state index contributed by atoms with van der Waals surface area (Å²) in [7, 11) is 1.34. The fourth-order valence-electron chi connectivity index (χ4n) is 1.89. The van der Waals surface area contributed by atoms with Crippen molar-refractivity contribution in [1.82, 2.24) is 15.5 Å². The number of carbonyl (C=O) groups is 4. The Bertz CT molecular complexity index is 437. The zero-order valence-electron chi connectivity index (χ0n) is 11.7. The zero-order valence-corrected chi connectivity index (χ0v) is 11.7. The van der Waals surface area contributed by atoms with Gasteiger partial charge in [0.1, 0.15) is 12.1 Å². The molecule has 1 fully saturated rings. The van der Waals surface area contributed by atoms with Gasteiger partial charge in [0.25, 0.3) is 5.91 Å². The Morgan fingerprint density at radius 1 is 1.45 bits per heavy atom. The molecule has 20 heavy (non-hydrogen) atoms. The molecular weight excluding hydrogens is 266 g/mol. The molecule has 0 bridgehead atoms. The van der Waals surface area contributed by atoms with E-state index in [1.165, 1.54) is 7.05 Å². The van der Waals surface area contributed by atoms with E-state index in [0.29, 0.717) is 6.42 Å². The van der Waals surface area contributed by atoms with Crippen LogP contribution in [0.4, 0.5) is 4.79 Å². The van der Waals surface area contributed by atoms with Crippen molar-refractivity contribution < 1.29 is 24.3 Å². The van der Waals surface area contributed by atoms with Gasteiger partial charge in [-0.3, -0.25) is 14.5 Å². The normalized spacial score (nSPS) is 21.6. The smallest absolute Gasteiger partial charge is 0.326 e. The summed E-state index contributed by atoms with van der Waals surface area (Å²) in [6, 6.07) is -2.73. The largest absolute Gasteiger partial charge is 0.480 e. The van der Waals surface area contributed by atoms with Crippen molar-refractivity contribution in [1.29, 1.82) is 0 Å². The lowest BCUT2D eigenvalue weighted by Crippen LogP contribution is -2.52. The number of nitrogens with zero attached hydrogens (tertiary/aromatic N) is 1. The maximum atomic E-state index is 11.7. The van der Waals surface area contributed by atoms with Crippen LogP contribution in [0.15, 0.2) is 0 Å². The molecule has 3 N–H and O–H groups in total. The second-order valence-corrected chi connectivity index (χ2v) is 4.87. The number of rotatable bonds is 5. The highest BCUT2D eigenvalue weighted by Crippen LogP contribution is 2.11. The second-order valence-electron chi connectivity index (χ2n) is 4.87. The molecule has 0 radical (unpaired) electrons. The minimum atomic E-state index is -1.14. The van der Waals surface area contributed by atoms with Gasteiger partial charge in [-0.25, -0.2) is 9.59 Å². The number of imide groups is 1. The van der Waals surface area contributed by atoms with E-state index in [1.807, 2.05) is 6.92 Å². The summed E-state index contributed by atoms with van der Waals surface area (Å²) in [5.74, 6) is -2.26. The highest BCUT2D eigenvalue weighted by Gasteiger charge is 2.37. The molecule has 112 valence electrons. The van der Waals surface area contributed by atoms with Crippen LogP contribution in [0.25, 0.3) is 0 Å². The monoisotopic (exact) mass is 285 g/mol. The molecule has 3 unspecified atom stereocenters. The summed E-state index contributed by atoms with van der Waals surface area (Å²) in [6.45, 7) is 3.52. The highest BCUT2D eigenvalue weighted by molar-refractivity contribution is 6.06.